The Labute approximate surface area is 119 Å². The van der Waals surface area contributed by atoms with Gasteiger partial charge in [-0.2, -0.15) is 0 Å². The average Bonchev–Trinajstić information content (AvgIpc) is 3.01. The molecule has 1 aromatic heterocycles. The van der Waals surface area contributed by atoms with E-state index in [1.165, 1.54) is 37.8 Å². The Morgan fingerprint density at radius 1 is 1.47 bits per heavy atom. The molecule has 1 aliphatic heterocycles. The van der Waals surface area contributed by atoms with Crippen molar-refractivity contribution in [3.63, 3.8) is 0 Å². The number of ether oxygens (including phenoxy) is 1. The molecule has 1 saturated heterocycles. The standard InChI is InChI=1S/C15H24N2OS/c1-11-17-13(10-19-11)14(16-2)12-5-8-18-15(9-12)6-3-4-7-15/h10,12,14,16H,3-9H2,1-2H3. The first-order chi connectivity index (χ1) is 9.22. The first-order valence-electron chi connectivity index (χ1n) is 7.46. The van der Waals surface area contributed by atoms with Gasteiger partial charge >= 0.3 is 0 Å². The molecule has 3 rings (SSSR count). The van der Waals surface area contributed by atoms with Gasteiger partial charge in [-0.25, -0.2) is 4.98 Å². The van der Waals surface area contributed by atoms with Crippen LogP contribution in [0.5, 0.6) is 0 Å². The summed E-state index contributed by atoms with van der Waals surface area (Å²) >= 11 is 1.75. The maximum Gasteiger partial charge on any atom is 0.0898 e. The average molecular weight is 280 g/mol. The van der Waals surface area contributed by atoms with E-state index in [0.717, 1.165) is 18.0 Å². The summed E-state index contributed by atoms with van der Waals surface area (Å²) in [4.78, 5) is 4.69. The van der Waals surface area contributed by atoms with E-state index in [2.05, 4.69) is 29.7 Å². The van der Waals surface area contributed by atoms with E-state index in [1.807, 2.05) is 0 Å². The van der Waals surface area contributed by atoms with Crippen LogP contribution < -0.4 is 5.32 Å². The monoisotopic (exact) mass is 280 g/mol. The zero-order chi connectivity index (χ0) is 13.3. The van der Waals surface area contributed by atoms with E-state index in [1.54, 1.807) is 11.3 Å². The normalized spacial score (nSPS) is 27.8. The van der Waals surface area contributed by atoms with Crippen molar-refractivity contribution in [2.75, 3.05) is 13.7 Å². The molecule has 1 N–H and O–H groups in total. The molecule has 2 heterocycles. The third-order valence-corrected chi connectivity index (χ3v) is 5.58. The van der Waals surface area contributed by atoms with Crippen LogP contribution in [0.4, 0.5) is 0 Å². The predicted molar refractivity (Wildman–Crippen MR) is 78.5 cm³/mol. The molecular formula is C15H24N2OS. The minimum absolute atomic E-state index is 0.198. The van der Waals surface area contributed by atoms with Gasteiger partial charge < -0.3 is 10.1 Å². The molecule has 1 spiro atoms. The van der Waals surface area contributed by atoms with Gasteiger partial charge in [0, 0.05) is 12.0 Å². The minimum Gasteiger partial charge on any atom is -0.375 e. The highest BCUT2D eigenvalue weighted by molar-refractivity contribution is 7.09. The molecule has 19 heavy (non-hydrogen) atoms. The lowest BCUT2D eigenvalue weighted by Crippen LogP contribution is -2.41. The molecule has 2 aliphatic rings. The summed E-state index contributed by atoms with van der Waals surface area (Å²) in [5.74, 6) is 0.665. The molecule has 1 saturated carbocycles. The van der Waals surface area contributed by atoms with E-state index in [9.17, 15) is 0 Å². The van der Waals surface area contributed by atoms with Crippen LogP contribution in [0.25, 0.3) is 0 Å². The third-order valence-electron chi connectivity index (χ3n) is 4.78. The summed E-state index contributed by atoms with van der Waals surface area (Å²) in [6.45, 7) is 3.01. The maximum atomic E-state index is 6.15. The molecule has 106 valence electrons. The second-order valence-corrected chi connectivity index (χ2v) is 7.11. The Morgan fingerprint density at radius 2 is 2.26 bits per heavy atom. The summed E-state index contributed by atoms with van der Waals surface area (Å²) < 4.78 is 6.15. The lowest BCUT2D eigenvalue weighted by molar-refractivity contribution is -0.0980. The highest BCUT2D eigenvalue weighted by Gasteiger charge is 2.42. The molecule has 1 aromatic rings. The van der Waals surface area contributed by atoms with Gasteiger partial charge in [-0.15, -0.1) is 11.3 Å². The highest BCUT2D eigenvalue weighted by atomic mass is 32.1. The molecule has 0 aromatic carbocycles. The number of nitrogens with one attached hydrogen (secondary N) is 1. The van der Waals surface area contributed by atoms with Gasteiger partial charge in [0.15, 0.2) is 0 Å². The first kappa shape index (κ1) is 13.5. The molecule has 2 fully saturated rings. The van der Waals surface area contributed by atoms with E-state index >= 15 is 0 Å². The van der Waals surface area contributed by atoms with Crippen molar-refractivity contribution in [1.29, 1.82) is 0 Å². The number of aryl methyl sites for hydroxylation is 1. The van der Waals surface area contributed by atoms with Crippen LogP contribution in [0.3, 0.4) is 0 Å². The number of hydrogen-bond donors (Lipinski definition) is 1. The Kier molecular flexibility index (Phi) is 3.92. The molecule has 0 radical (unpaired) electrons. The van der Waals surface area contributed by atoms with Gasteiger partial charge in [0.1, 0.15) is 0 Å². The summed E-state index contributed by atoms with van der Waals surface area (Å²) in [7, 11) is 2.07. The van der Waals surface area contributed by atoms with E-state index in [-0.39, 0.29) is 5.60 Å². The Morgan fingerprint density at radius 3 is 2.89 bits per heavy atom. The van der Waals surface area contributed by atoms with Crippen LogP contribution in [0.1, 0.15) is 55.3 Å². The molecular weight excluding hydrogens is 256 g/mol. The van der Waals surface area contributed by atoms with Crippen LogP contribution in [-0.2, 0) is 4.74 Å². The van der Waals surface area contributed by atoms with Crippen LogP contribution in [0, 0.1) is 12.8 Å². The number of nitrogens with zero attached hydrogens (tertiary/aromatic N) is 1. The highest BCUT2D eigenvalue weighted by Crippen LogP contribution is 2.45. The van der Waals surface area contributed by atoms with Crippen molar-refractivity contribution in [2.45, 2.75) is 57.1 Å². The van der Waals surface area contributed by atoms with Crippen LogP contribution in [0.15, 0.2) is 5.38 Å². The van der Waals surface area contributed by atoms with Crippen molar-refractivity contribution in [1.82, 2.24) is 10.3 Å². The number of aromatic nitrogens is 1. The number of hydrogen-bond acceptors (Lipinski definition) is 4. The van der Waals surface area contributed by atoms with Crippen molar-refractivity contribution in [2.24, 2.45) is 5.92 Å². The second-order valence-electron chi connectivity index (χ2n) is 6.05. The molecule has 4 heteroatoms. The summed E-state index contributed by atoms with van der Waals surface area (Å²) in [6.07, 6.45) is 7.56. The zero-order valence-electron chi connectivity index (χ0n) is 11.9. The minimum atomic E-state index is 0.198. The summed E-state index contributed by atoms with van der Waals surface area (Å²) in [6, 6.07) is 0.395. The van der Waals surface area contributed by atoms with Crippen molar-refractivity contribution >= 4 is 11.3 Å². The topological polar surface area (TPSA) is 34.2 Å². The molecule has 1 aliphatic carbocycles. The Hall–Kier alpha value is -0.450. The second kappa shape index (κ2) is 5.51. The van der Waals surface area contributed by atoms with E-state index in [4.69, 9.17) is 4.74 Å². The van der Waals surface area contributed by atoms with Crippen molar-refractivity contribution < 1.29 is 4.74 Å². The molecule has 2 atom stereocenters. The SMILES string of the molecule is CNC(c1csc(C)n1)C1CCOC2(CCCC2)C1. The van der Waals surface area contributed by atoms with Gasteiger partial charge in [-0.3, -0.25) is 0 Å². The zero-order valence-corrected chi connectivity index (χ0v) is 12.8. The van der Waals surface area contributed by atoms with E-state index < -0.39 is 0 Å². The van der Waals surface area contributed by atoms with Gasteiger partial charge in [-0.1, -0.05) is 12.8 Å². The first-order valence-corrected chi connectivity index (χ1v) is 8.34. The molecule has 0 bridgehead atoms. The smallest absolute Gasteiger partial charge is 0.0898 e. The van der Waals surface area contributed by atoms with Crippen LogP contribution in [-0.4, -0.2) is 24.2 Å². The summed E-state index contributed by atoms with van der Waals surface area (Å²) in [5.41, 5.74) is 1.42. The van der Waals surface area contributed by atoms with E-state index in [0.29, 0.717) is 12.0 Å². The lowest BCUT2D eigenvalue weighted by Gasteiger charge is -2.41. The molecule has 2 unspecified atom stereocenters. The fourth-order valence-electron chi connectivity index (χ4n) is 3.87. The number of rotatable bonds is 3. The van der Waals surface area contributed by atoms with Gasteiger partial charge in [-0.05, 0) is 45.6 Å². The molecule has 0 amide bonds. The van der Waals surface area contributed by atoms with Gasteiger partial charge in [0.2, 0.25) is 0 Å². The van der Waals surface area contributed by atoms with Gasteiger partial charge in [0.25, 0.3) is 0 Å². The fraction of sp³-hybridized carbons (Fsp3) is 0.800. The third kappa shape index (κ3) is 2.71. The fourth-order valence-corrected chi connectivity index (χ4v) is 4.51. The number of thiazole rings is 1. The lowest BCUT2D eigenvalue weighted by atomic mass is 9.80. The maximum absolute atomic E-state index is 6.15. The quantitative estimate of drug-likeness (QED) is 0.921. The predicted octanol–water partition coefficient (Wildman–Crippen LogP) is 3.45. The summed E-state index contributed by atoms with van der Waals surface area (Å²) in [5, 5.41) is 6.88. The largest absolute Gasteiger partial charge is 0.375 e. The Balaban J connectivity index is 1.76. The van der Waals surface area contributed by atoms with Gasteiger partial charge in [0.05, 0.1) is 22.3 Å². The Bertz CT molecular complexity index is 426. The van der Waals surface area contributed by atoms with Crippen LogP contribution >= 0.6 is 11.3 Å². The van der Waals surface area contributed by atoms with Crippen molar-refractivity contribution in [3.05, 3.63) is 16.1 Å². The van der Waals surface area contributed by atoms with Crippen LogP contribution in [0.2, 0.25) is 0 Å². The van der Waals surface area contributed by atoms with Crippen molar-refractivity contribution in [3.8, 4) is 0 Å². The molecule has 3 nitrogen and oxygen atoms in total.